The second-order valence-corrected chi connectivity index (χ2v) is 4.11. The molecule has 84 valence electrons. The van der Waals surface area contributed by atoms with Gasteiger partial charge in [-0.05, 0) is 29.8 Å². The minimum Gasteiger partial charge on any atom is -0.366 e. The SMILES string of the molecule is Nc1nc2c(-c3cccc(Cl)c3)cccn2n1. The molecule has 0 atom stereocenters. The Labute approximate surface area is 103 Å². The van der Waals surface area contributed by atoms with Crippen molar-refractivity contribution in [2.24, 2.45) is 0 Å². The minimum absolute atomic E-state index is 0.263. The largest absolute Gasteiger partial charge is 0.366 e. The van der Waals surface area contributed by atoms with Gasteiger partial charge in [-0.1, -0.05) is 23.7 Å². The van der Waals surface area contributed by atoms with Gasteiger partial charge in [0.1, 0.15) is 0 Å². The van der Waals surface area contributed by atoms with Crippen LogP contribution in [-0.4, -0.2) is 14.6 Å². The number of nitrogen functional groups attached to an aromatic ring is 1. The lowest BCUT2D eigenvalue weighted by atomic mass is 10.1. The standard InChI is InChI=1S/C12H9ClN4/c13-9-4-1-3-8(7-9)10-5-2-6-17-11(10)15-12(14)16-17/h1-7H,(H2,14,16). The molecule has 0 saturated carbocycles. The quantitative estimate of drug-likeness (QED) is 0.716. The van der Waals surface area contributed by atoms with Crippen LogP contribution >= 0.6 is 11.6 Å². The van der Waals surface area contributed by atoms with Gasteiger partial charge in [-0.25, -0.2) is 4.52 Å². The number of hydrogen-bond acceptors (Lipinski definition) is 3. The molecule has 0 fully saturated rings. The Kier molecular flexibility index (Phi) is 2.23. The number of anilines is 1. The Morgan fingerprint density at radius 1 is 1.18 bits per heavy atom. The molecule has 4 nitrogen and oxygen atoms in total. The van der Waals surface area contributed by atoms with Crippen LogP contribution in [0.2, 0.25) is 5.02 Å². The van der Waals surface area contributed by atoms with Gasteiger partial charge in [0.2, 0.25) is 5.95 Å². The fraction of sp³-hybridized carbons (Fsp3) is 0. The molecule has 2 N–H and O–H groups in total. The van der Waals surface area contributed by atoms with Crippen molar-refractivity contribution in [3.8, 4) is 11.1 Å². The molecule has 0 aliphatic heterocycles. The van der Waals surface area contributed by atoms with Crippen molar-refractivity contribution in [3.05, 3.63) is 47.6 Å². The maximum atomic E-state index is 5.98. The highest BCUT2D eigenvalue weighted by atomic mass is 35.5. The molecule has 2 heterocycles. The van der Waals surface area contributed by atoms with E-state index in [9.17, 15) is 0 Å². The molecule has 0 spiro atoms. The molecule has 0 saturated heterocycles. The van der Waals surface area contributed by atoms with Crippen LogP contribution in [-0.2, 0) is 0 Å². The van der Waals surface area contributed by atoms with Crippen LogP contribution in [0.25, 0.3) is 16.8 Å². The highest BCUT2D eigenvalue weighted by Crippen LogP contribution is 2.25. The maximum absolute atomic E-state index is 5.98. The summed E-state index contributed by atoms with van der Waals surface area (Å²) in [7, 11) is 0. The first-order valence-electron chi connectivity index (χ1n) is 5.11. The van der Waals surface area contributed by atoms with Crippen LogP contribution < -0.4 is 5.73 Å². The Bertz CT molecular complexity index is 690. The normalized spacial score (nSPS) is 10.9. The van der Waals surface area contributed by atoms with Crippen LogP contribution in [0.3, 0.4) is 0 Å². The second kappa shape index (κ2) is 3.75. The van der Waals surface area contributed by atoms with E-state index in [4.69, 9.17) is 17.3 Å². The molecular formula is C12H9ClN4. The Hall–Kier alpha value is -2.07. The van der Waals surface area contributed by atoms with Gasteiger partial charge in [0, 0.05) is 16.8 Å². The van der Waals surface area contributed by atoms with E-state index < -0.39 is 0 Å². The zero-order chi connectivity index (χ0) is 11.8. The number of rotatable bonds is 1. The fourth-order valence-electron chi connectivity index (χ4n) is 1.80. The van der Waals surface area contributed by atoms with Crippen molar-refractivity contribution in [1.29, 1.82) is 0 Å². The predicted octanol–water partition coefficient (Wildman–Crippen LogP) is 2.63. The van der Waals surface area contributed by atoms with Crippen LogP contribution in [0.15, 0.2) is 42.6 Å². The lowest BCUT2D eigenvalue weighted by molar-refractivity contribution is 0.969. The summed E-state index contributed by atoms with van der Waals surface area (Å²) in [5.74, 6) is 0.263. The molecule has 17 heavy (non-hydrogen) atoms. The Morgan fingerprint density at radius 2 is 2.06 bits per heavy atom. The van der Waals surface area contributed by atoms with Crippen molar-refractivity contribution in [2.75, 3.05) is 5.73 Å². The van der Waals surface area contributed by atoms with E-state index in [1.807, 2.05) is 42.6 Å². The molecule has 2 aromatic heterocycles. The number of hydrogen-bond donors (Lipinski definition) is 1. The summed E-state index contributed by atoms with van der Waals surface area (Å²) in [5, 5.41) is 4.76. The summed E-state index contributed by atoms with van der Waals surface area (Å²) in [6, 6.07) is 11.5. The minimum atomic E-state index is 0.263. The summed E-state index contributed by atoms with van der Waals surface area (Å²) in [6.07, 6.45) is 1.81. The molecule has 0 unspecified atom stereocenters. The van der Waals surface area contributed by atoms with Gasteiger partial charge in [0.15, 0.2) is 5.65 Å². The highest BCUT2D eigenvalue weighted by molar-refractivity contribution is 6.30. The Morgan fingerprint density at radius 3 is 2.88 bits per heavy atom. The van der Waals surface area contributed by atoms with Gasteiger partial charge in [-0.15, -0.1) is 5.10 Å². The van der Waals surface area contributed by atoms with E-state index in [0.717, 1.165) is 16.8 Å². The van der Waals surface area contributed by atoms with Gasteiger partial charge < -0.3 is 5.73 Å². The molecule has 0 amide bonds. The van der Waals surface area contributed by atoms with Crippen molar-refractivity contribution < 1.29 is 0 Å². The Balaban J connectivity index is 2.30. The average molecular weight is 245 g/mol. The third kappa shape index (κ3) is 1.72. The van der Waals surface area contributed by atoms with Gasteiger partial charge in [-0.3, -0.25) is 0 Å². The average Bonchev–Trinajstić information content (AvgIpc) is 2.68. The number of nitrogens with two attached hydrogens (primary N) is 1. The van der Waals surface area contributed by atoms with E-state index in [1.165, 1.54) is 0 Å². The number of fused-ring (bicyclic) bond motifs is 1. The topological polar surface area (TPSA) is 56.2 Å². The van der Waals surface area contributed by atoms with Crippen molar-refractivity contribution in [2.45, 2.75) is 0 Å². The van der Waals surface area contributed by atoms with E-state index in [2.05, 4.69) is 10.1 Å². The molecule has 1 aromatic carbocycles. The molecule has 0 aliphatic carbocycles. The summed E-state index contributed by atoms with van der Waals surface area (Å²) < 4.78 is 1.66. The molecule has 3 rings (SSSR count). The van der Waals surface area contributed by atoms with Crippen LogP contribution in [0.1, 0.15) is 0 Å². The van der Waals surface area contributed by atoms with Crippen molar-refractivity contribution >= 4 is 23.2 Å². The van der Waals surface area contributed by atoms with E-state index in [0.29, 0.717) is 5.02 Å². The highest BCUT2D eigenvalue weighted by Gasteiger charge is 2.07. The van der Waals surface area contributed by atoms with Gasteiger partial charge in [-0.2, -0.15) is 4.98 Å². The summed E-state index contributed by atoms with van der Waals surface area (Å²) >= 11 is 5.98. The van der Waals surface area contributed by atoms with Gasteiger partial charge in [0.25, 0.3) is 0 Å². The number of pyridine rings is 1. The van der Waals surface area contributed by atoms with E-state index in [-0.39, 0.29) is 5.95 Å². The third-order valence-electron chi connectivity index (χ3n) is 2.51. The second-order valence-electron chi connectivity index (χ2n) is 3.67. The van der Waals surface area contributed by atoms with Crippen LogP contribution in [0.4, 0.5) is 5.95 Å². The van der Waals surface area contributed by atoms with Crippen molar-refractivity contribution in [1.82, 2.24) is 14.6 Å². The summed E-state index contributed by atoms with van der Waals surface area (Å²) in [6.45, 7) is 0. The summed E-state index contributed by atoms with van der Waals surface area (Å²) in [4.78, 5) is 4.21. The van der Waals surface area contributed by atoms with Crippen LogP contribution in [0.5, 0.6) is 0 Å². The lowest BCUT2D eigenvalue weighted by Crippen LogP contribution is -1.89. The molecule has 0 aliphatic rings. The zero-order valence-electron chi connectivity index (χ0n) is 8.84. The first-order chi connectivity index (χ1) is 8.24. The predicted molar refractivity (Wildman–Crippen MR) is 67.8 cm³/mol. The fourth-order valence-corrected chi connectivity index (χ4v) is 1.99. The molecule has 3 aromatic rings. The lowest BCUT2D eigenvalue weighted by Gasteiger charge is -2.03. The monoisotopic (exact) mass is 244 g/mol. The number of benzene rings is 1. The number of aromatic nitrogens is 3. The first kappa shape index (κ1) is 10.1. The van der Waals surface area contributed by atoms with Gasteiger partial charge >= 0.3 is 0 Å². The van der Waals surface area contributed by atoms with Crippen molar-refractivity contribution in [3.63, 3.8) is 0 Å². The molecule has 5 heteroatoms. The third-order valence-corrected chi connectivity index (χ3v) is 2.75. The van der Waals surface area contributed by atoms with Gasteiger partial charge in [0.05, 0.1) is 0 Å². The number of halogens is 1. The molecule has 0 radical (unpaired) electrons. The molecule has 0 bridgehead atoms. The smallest absolute Gasteiger partial charge is 0.240 e. The number of nitrogens with zero attached hydrogens (tertiary/aromatic N) is 3. The van der Waals surface area contributed by atoms with E-state index in [1.54, 1.807) is 4.52 Å². The first-order valence-corrected chi connectivity index (χ1v) is 5.48. The maximum Gasteiger partial charge on any atom is 0.240 e. The van der Waals surface area contributed by atoms with Crippen LogP contribution in [0, 0.1) is 0 Å². The molecular weight excluding hydrogens is 236 g/mol. The van der Waals surface area contributed by atoms with E-state index >= 15 is 0 Å². The summed E-state index contributed by atoms with van der Waals surface area (Å²) in [5.41, 5.74) is 8.28. The zero-order valence-corrected chi connectivity index (χ0v) is 9.59.